The zero-order chi connectivity index (χ0) is 11.4. The molecule has 1 atom stereocenters. The Kier molecular flexibility index (Phi) is 4.32. The Hall–Kier alpha value is -0.450. The minimum absolute atomic E-state index is 0.854. The van der Waals surface area contributed by atoms with Gasteiger partial charge in [-0.3, -0.25) is 0 Å². The van der Waals surface area contributed by atoms with Crippen molar-refractivity contribution in [3.63, 3.8) is 0 Å². The van der Waals surface area contributed by atoms with Crippen LogP contribution in [0.2, 0.25) is 0 Å². The summed E-state index contributed by atoms with van der Waals surface area (Å²) in [5.41, 5.74) is 3.18. The maximum atomic E-state index is 4.30. The first kappa shape index (κ1) is 12.0. The normalized spacial score (nSPS) is 21.8. The number of thiazole rings is 1. The molecule has 1 aromatic heterocycles. The number of aryl methyl sites for hydroxylation is 1. The predicted molar refractivity (Wildman–Crippen MR) is 69.0 cm³/mol. The number of aromatic nitrogens is 1. The van der Waals surface area contributed by atoms with Crippen LogP contribution in [0.5, 0.6) is 0 Å². The topological polar surface area (TPSA) is 28.2 Å². The number of hydrogen-bond acceptors (Lipinski definition) is 4. The highest BCUT2D eigenvalue weighted by atomic mass is 32.1. The van der Waals surface area contributed by atoms with Gasteiger partial charge in [0.25, 0.3) is 0 Å². The van der Waals surface area contributed by atoms with Gasteiger partial charge >= 0.3 is 0 Å². The number of rotatable bonds is 5. The lowest BCUT2D eigenvalue weighted by Crippen LogP contribution is -2.26. The van der Waals surface area contributed by atoms with Crippen molar-refractivity contribution in [3.05, 3.63) is 16.1 Å². The summed E-state index contributed by atoms with van der Waals surface area (Å²) in [6.45, 7) is 7.00. The third kappa shape index (κ3) is 3.03. The van der Waals surface area contributed by atoms with E-state index in [1.54, 1.807) is 11.3 Å². The van der Waals surface area contributed by atoms with Crippen molar-refractivity contribution in [1.82, 2.24) is 15.2 Å². The fourth-order valence-electron chi connectivity index (χ4n) is 2.40. The van der Waals surface area contributed by atoms with Gasteiger partial charge in [0, 0.05) is 18.0 Å². The first-order valence-electron chi connectivity index (χ1n) is 6.05. The molecule has 0 radical (unpaired) electrons. The van der Waals surface area contributed by atoms with Gasteiger partial charge < -0.3 is 10.2 Å². The van der Waals surface area contributed by atoms with Crippen LogP contribution in [0, 0.1) is 12.8 Å². The summed E-state index contributed by atoms with van der Waals surface area (Å²) in [5.74, 6) is 0.854. The highest BCUT2D eigenvalue weighted by Gasteiger charge is 2.21. The third-order valence-corrected chi connectivity index (χ3v) is 4.36. The summed E-state index contributed by atoms with van der Waals surface area (Å²) in [5, 5.41) is 3.27. The molecule has 4 heteroatoms. The highest BCUT2D eigenvalue weighted by Crippen LogP contribution is 2.18. The molecule has 16 heavy (non-hydrogen) atoms. The molecule has 2 heterocycles. The Balaban J connectivity index is 1.74. The van der Waals surface area contributed by atoms with E-state index in [1.807, 2.05) is 12.6 Å². The van der Waals surface area contributed by atoms with Gasteiger partial charge in [0.05, 0.1) is 11.2 Å². The van der Waals surface area contributed by atoms with E-state index in [0.717, 1.165) is 12.5 Å². The molecule has 3 nitrogen and oxygen atoms in total. The van der Waals surface area contributed by atoms with Crippen LogP contribution in [0.15, 0.2) is 5.51 Å². The minimum atomic E-state index is 0.854. The quantitative estimate of drug-likeness (QED) is 0.845. The van der Waals surface area contributed by atoms with Crippen LogP contribution in [0.4, 0.5) is 0 Å². The van der Waals surface area contributed by atoms with E-state index in [4.69, 9.17) is 0 Å². The molecule has 1 aromatic rings. The summed E-state index contributed by atoms with van der Waals surface area (Å²) < 4.78 is 0. The molecule has 2 rings (SSSR count). The Morgan fingerprint density at radius 1 is 1.62 bits per heavy atom. The summed E-state index contributed by atoms with van der Waals surface area (Å²) in [7, 11) is 2.04. The summed E-state index contributed by atoms with van der Waals surface area (Å²) in [6.07, 6.45) is 2.52. The Labute approximate surface area is 102 Å². The maximum Gasteiger partial charge on any atom is 0.0797 e. The third-order valence-electron chi connectivity index (χ3n) is 3.36. The van der Waals surface area contributed by atoms with E-state index in [2.05, 4.69) is 22.1 Å². The standard InChI is InChI=1S/C12H21N3S/c1-10-12(16-9-14-10)4-6-15-5-3-11(8-15)7-13-2/h9,11,13H,3-8H2,1-2H3. The molecular formula is C12H21N3S. The zero-order valence-electron chi connectivity index (χ0n) is 10.2. The van der Waals surface area contributed by atoms with Crippen molar-refractivity contribution in [2.24, 2.45) is 5.92 Å². The minimum Gasteiger partial charge on any atom is -0.319 e. The molecule has 1 aliphatic rings. The Morgan fingerprint density at radius 3 is 3.19 bits per heavy atom. The van der Waals surface area contributed by atoms with E-state index >= 15 is 0 Å². The molecule has 0 aromatic carbocycles. The fraction of sp³-hybridized carbons (Fsp3) is 0.750. The van der Waals surface area contributed by atoms with Crippen LogP contribution >= 0.6 is 11.3 Å². The fourth-order valence-corrected chi connectivity index (χ4v) is 3.17. The number of likely N-dealkylation sites (tertiary alicyclic amines) is 1. The van der Waals surface area contributed by atoms with Gasteiger partial charge in [-0.05, 0) is 45.8 Å². The molecule has 1 aliphatic heterocycles. The molecule has 0 amide bonds. The van der Waals surface area contributed by atoms with Crippen molar-refractivity contribution in [2.45, 2.75) is 19.8 Å². The molecule has 1 unspecified atom stereocenters. The summed E-state index contributed by atoms with van der Waals surface area (Å²) >= 11 is 1.79. The predicted octanol–water partition coefficient (Wildman–Crippen LogP) is 1.54. The molecule has 0 spiro atoms. The molecule has 0 saturated carbocycles. The summed E-state index contributed by atoms with van der Waals surface area (Å²) in [6, 6.07) is 0. The molecule has 1 fully saturated rings. The van der Waals surface area contributed by atoms with Crippen molar-refractivity contribution in [1.29, 1.82) is 0 Å². The van der Waals surface area contributed by atoms with E-state index < -0.39 is 0 Å². The van der Waals surface area contributed by atoms with Gasteiger partial charge in [-0.2, -0.15) is 0 Å². The average Bonchev–Trinajstić information content (AvgIpc) is 2.86. The van der Waals surface area contributed by atoms with E-state index in [9.17, 15) is 0 Å². The van der Waals surface area contributed by atoms with Crippen molar-refractivity contribution in [3.8, 4) is 0 Å². The van der Waals surface area contributed by atoms with Gasteiger partial charge in [-0.25, -0.2) is 4.98 Å². The largest absolute Gasteiger partial charge is 0.319 e. The highest BCUT2D eigenvalue weighted by molar-refractivity contribution is 7.09. The molecule has 1 N–H and O–H groups in total. The lowest BCUT2D eigenvalue weighted by atomic mass is 10.1. The molecule has 1 saturated heterocycles. The SMILES string of the molecule is CNCC1CCN(CCc2scnc2C)C1. The maximum absolute atomic E-state index is 4.30. The molecular weight excluding hydrogens is 218 g/mol. The van der Waals surface area contributed by atoms with Crippen LogP contribution < -0.4 is 5.32 Å². The number of nitrogens with one attached hydrogen (secondary N) is 1. The van der Waals surface area contributed by atoms with Gasteiger partial charge in [0.1, 0.15) is 0 Å². The Bertz CT molecular complexity index is 324. The number of nitrogens with zero attached hydrogens (tertiary/aromatic N) is 2. The lowest BCUT2D eigenvalue weighted by molar-refractivity contribution is 0.327. The van der Waals surface area contributed by atoms with Gasteiger partial charge in [0.2, 0.25) is 0 Å². The van der Waals surface area contributed by atoms with E-state index in [0.29, 0.717) is 0 Å². The summed E-state index contributed by atoms with van der Waals surface area (Å²) in [4.78, 5) is 8.34. The van der Waals surface area contributed by atoms with Crippen molar-refractivity contribution < 1.29 is 0 Å². The van der Waals surface area contributed by atoms with Crippen LogP contribution in [0.3, 0.4) is 0 Å². The first-order chi connectivity index (χ1) is 7.79. The second-order valence-corrected chi connectivity index (χ2v) is 5.56. The monoisotopic (exact) mass is 239 g/mol. The zero-order valence-corrected chi connectivity index (χ0v) is 11.0. The second-order valence-electron chi connectivity index (χ2n) is 4.62. The van der Waals surface area contributed by atoms with Crippen LogP contribution in [0.1, 0.15) is 17.0 Å². The van der Waals surface area contributed by atoms with Crippen LogP contribution in [-0.2, 0) is 6.42 Å². The number of hydrogen-bond donors (Lipinski definition) is 1. The molecule has 90 valence electrons. The Morgan fingerprint density at radius 2 is 2.50 bits per heavy atom. The van der Waals surface area contributed by atoms with Crippen molar-refractivity contribution >= 4 is 11.3 Å². The van der Waals surface area contributed by atoms with Gasteiger partial charge in [-0.15, -0.1) is 11.3 Å². The molecule has 0 bridgehead atoms. The van der Waals surface area contributed by atoms with Gasteiger partial charge in [0.15, 0.2) is 0 Å². The van der Waals surface area contributed by atoms with Crippen LogP contribution in [0.25, 0.3) is 0 Å². The van der Waals surface area contributed by atoms with E-state index in [-0.39, 0.29) is 0 Å². The molecule has 0 aliphatic carbocycles. The van der Waals surface area contributed by atoms with Crippen LogP contribution in [-0.4, -0.2) is 43.1 Å². The smallest absolute Gasteiger partial charge is 0.0797 e. The van der Waals surface area contributed by atoms with E-state index in [1.165, 1.54) is 43.0 Å². The van der Waals surface area contributed by atoms with Gasteiger partial charge in [-0.1, -0.05) is 0 Å². The first-order valence-corrected chi connectivity index (χ1v) is 6.93. The average molecular weight is 239 g/mol. The van der Waals surface area contributed by atoms with Crippen molar-refractivity contribution in [2.75, 3.05) is 33.2 Å². The second kappa shape index (κ2) is 5.75. The lowest BCUT2D eigenvalue weighted by Gasteiger charge is -2.15.